The molecule has 0 unspecified atom stereocenters. The quantitative estimate of drug-likeness (QED) is 0.264. The first-order valence-electron chi connectivity index (χ1n) is 13.5. The van der Waals surface area contributed by atoms with Crippen molar-refractivity contribution in [3.05, 3.63) is 72.4 Å². The molecule has 3 heterocycles. The molecule has 39 heavy (non-hydrogen) atoms. The predicted octanol–water partition coefficient (Wildman–Crippen LogP) is 4.95. The first-order chi connectivity index (χ1) is 18.5. The number of carbonyl (C=O) groups is 2. The number of aromatic nitrogens is 2. The number of aryl methyl sites for hydroxylation is 1. The van der Waals surface area contributed by atoms with Gasteiger partial charge in [0.2, 0.25) is 5.79 Å². The monoisotopic (exact) mass is 536 g/mol. The van der Waals surface area contributed by atoms with Crippen LogP contribution in [-0.4, -0.2) is 52.7 Å². The van der Waals surface area contributed by atoms with Crippen LogP contribution in [0.15, 0.2) is 66.7 Å². The highest BCUT2D eigenvalue weighted by Gasteiger charge is 2.55. The van der Waals surface area contributed by atoms with E-state index >= 15 is 0 Å². The van der Waals surface area contributed by atoms with Gasteiger partial charge in [-0.25, -0.2) is 14.6 Å². The smallest absolute Gasteiger partial charge is 0.339 e. The summed E-state index contributed by atoms with van der Waals surface area (Å²) < 4.78 is 25.9. The second-order valence-electron chi connectivity index (χ2n) is 11.2. The maximum atomic E-state index is 13.5. The van der Waals surface area contributed by atoms with Crippen molar-refractivity contribution in [2.24, 2.45) is 30.7 Å². The zero-order chi connectivity index (χ0) is 28.4. The van der Waals surface area contributed by atoms with Crippen LogP contribution >= 0.6 is 0 Å². The average molecular weight is 537 g/mol. The van der Waals surface area contributed by atoms with Crippen LogP contribution in [0.4, 0.5) is 0 Å². The minimum absolute atomic E-state index is 0.0153. The van der Waals surface area contributed by atoms with Gasteiger partial charge in [-0.15, -0.1) is 0 Å². The summed E-state index contributed by atoms with van der Waals surface area (Å²) in [5.41, 5.74) is 1.10. The Balaban J connectivity index is 1.76. The first-order valence-corrected chi connectivity index (χ1v) is 13.5. The Morgan fingerprint density at radius 1 is 1.33 bits per heavy atom. The minimum atomic E-state index is -1.48. The Kier molecular flexibility index (Phi) is 8.47. The number of ether oxygens (including phenoxy) is 4. The van der Waals surface area contributed by atoms with E-state index in [1.807, 2.05) is 32.3 Å². The Hall–Kier alpha value is -3.23. The Bertz CT molecular complexity index is 1220. The van der Waals surface area contributed by atoms with Crippen molar-refractivity contribution >= 4 is 18.0 Å². The summed E-state index contributed by atoms with van der Waals surface area (Å²) in [7, 11) is 3.37. The molecule has 1 aliphatic carbocycles. The summed E-state index contributed by atoms with van der Waals surface area (Å²) in [4.78, 5) is 30.8. The van der Waals surface area contributed by atoms with E-state index in [4.69, 9.17) is 18.9 Å². The third kappa shape index (κ3) is 5.87. The molecule has 8 nitrogen and oxygen atoms in total. The van der Waals surface area contributed by atoms with E-state index in [1.165, 1.54) is 24.8 Å². The molecule has 0 radical (unpaired) electrons. The number of nitrogens with zero attached hydrogens (tertiary/aromatic N) is 2. The highest BCUT2D eigenvalue weighted by molar-refractivity contribution is 5.91. The second-order valence-corrected chi connectivity index (χ2v) is 11.2. The van der Waals surface area contributed by atoms with E-state index in [0.717, 1.165) is 6.42 Å². The van der Waals surface area contributed by atoms with Crippen molar-refractivity contribution in [1.82, 2.24) is 9.55 Å². The number of carbonyl (C=O) groups excluding carboxylic acids is 2. The number of hydrogen-bond acceptors (Lipinski definition) is 7. The molecule has 210 valence electrons. The van der Waals surface area contributed by atoms with E-state index in [1.54, 1.807) is 23.0 Å². The standard InChI is InChI=1S/C31H40N2O6/c1-8-15-37-29(35)26-16-25-23(20(2)3)11-9-21(4)24(25)17-27(30(5)13-14-31(26,36-7)39-30)38-28(34)12-10-22-18-33(6)19-32-22/h8-10,12-14,16,18-20,23-25,27H,1,11,15,17H2,2-7H3/b12-10+,26-16-/t23-,24+,25-,27+,30+,31-/m1/s1. The fourth-order valence-corrected chi connectivity index (χ4v) is 5.95. The van der Waals surface area contributed by atoms with Gasteiger partial charge in [-0.1, -0.05) is 44.2 Å². The number of esters is 2. The summed E-state index contributed by atoms with van der Waals surface area (Å²) in [5.74, 6) is -1.87. The van der Waals surface area contributed by atoms with Crippen molar-refractivity contribution in [2.45, 2.75) is 58.0 Å². The van der Waals surface area contributed by atoms with Crippen LogP contribution in [0.3, 0.4) is 0 Å². The molecule has 6 atom stereocenters. The van der Waals surface area contributed by atoms with Crippen molar-refractivity contribution in [1.29, 1.82) is 0 Å². The van der Waals surface area contributed by atoms with E-state index in [0.29, 0.717) is 23.6 Å². The lowest BCUT2D eigenvalue weighted by molar-refractivity contribution is -0.227. The zero-order valence-corrected chi connectivity index (χ0v) is 23.8. The maximum Gasteiger partial charge on any atom is 0.339 e. The van der Waals surface area contributed by atoms with Crippen LogP contribution in [0.25, 0.3) is 6.08 Å². The minimum Gasteiger partial charge on any atom is -0.458 e. The molecule has 3 aliphatic rings. The Morgan fingerprint density at radius 2 is 2.10 bits per heavy atom. The molecule has 0 aromatic carbocycles. The van der Waals surface area contributed by atoms with Gasteiger partial charge in [-0.05, 0) is 68.6 Å². The maximum absolute atomic E-state index is 13.5. The summed E-state index contributed by atoms with van der Waals surface area (Å²) in [6.45, 7) is 12.1. The molecular weight excluding hydrogens is 496 g/mol. The lowest BCUT2D eigenvalue weighted by Crippen LogP contribution is -2.48. The lowest BCUT2D eigenvalue weighted by Gasteiger charge is -2.41. The van der Waals surface area contributed by atoms with E-state index < -0.39 is 29.4 Å². The van der Waals surface area contributed by atoms with Gasteiger partial charge >= 0.3 is 11.9 Å². The third-order valence-corrected chi connectivity index (χ3v) is 8.19. The summed E-state index contributed by atoms with van der Waals surface area (Å²) in [5, 5.41) is 0. The van der Waals surface area contributed by atoms with Gasteiger partial charge in [0.15, 0.2) is 0 Å². The molecule has 0 N–H and O–H groups in total. The normalized spacial score (nSPS) is 33.4. The molecule has 0 amide bonds. The highest BCUT2D eigenvalue weighted by atomic mass is 16.7. The van der Waals surface area contributed by atoms with Crippen LogP contribution in [-0.2, 0) is 35.6 Å². The van der Waals surface area contributed by atoms with Gasteiger partial charge in [0, 0.05) is 26.4 Å². The summed E-state index contributed by atoms with van der Waals surface area (Å²) >= 11 is 0. The van der Waals surface area contributed by atoms with Crippen LogP contribution in [0, 0.1) is 23.7 Å². The predicted molar refractivity (Wildman–Crippen MR) is 148 cm³/mol. The lowest BCUT2D eigenvalue weighted by atomic mass is 9.65. The molecule has 4 rings (SSSR count). The molecule has 0 saturated heterocycles. The van der Waals surface area contributed by atoms with Gasteiger partial charge in [0.05, 0.1) is 17.6 Å². The Labute approximate surface area is 231 Å². The van der Waals surface area contributed by atoms with Gasteiger partial charge in [0.25, 0.3) is 0 Å². The van der Waals surface area contributed by atoms with Gasteiger partial charge in [-0.2, -0.15) is 0 Å². The average Bonchev–Trinajstić information content (AvgIpc) is 3.49. The van der Waals surface area contributed by atoms with E-state index in [-0.39, 0.29) is 24.4 Å². The van der Waals surface area contributed by atoms with Gasteiger partial charge < -0.3 is 23.5 Å². The van der Waals surface area contributed by atoms with E-state index in [9.17, 15) is 9.59 Å². The molecular formula is C31H40N2O6. The first kappa shape index (κ1) is 28.8. The molecule has 1 aromatic rings. The fourth-order valence-electron chi connectivity index (χ4n) is 5.95. The van der Waals surface area contributed by atoms with Crippen LogP contribution in [0.5, 0.6) is 0 Å². The molecule has 0 saturated carbocycles. The number of rotatable bonds is 8. The fraction of sp³-hybridized carbons (Fsp3) is 0.516. The highest BCUT2D eigenvalue weighted by Crippen LogP contribution is 2.49. The number of imidazole rings is 1. The molecule has 8 heteroatoms. The Morgan fingerprint density at radius 3 is 2.74 bits per heavy atom. The number of methoxy groups -OCH3 is 1. The van der Waals surface area contributed by atoms with Crippen molar-refractivity contribution < 1.29 is 28.5 Å². The number of fused-ring (bicyclic) bond motifs is 3. The topological polar surface area (TPSA) is 88.9 Å². The molecule has 0 fully saturated rings. The molecule has 0 spiro atoms. The number of hydrogen-bond donors (Lipinski definition) is 0. The van der Waals surface area contributed by atoms with Crippen LogP contribution < -0.4 is 0 Å². The molecule has 1 aromatic heterocycles. The van der Waals surface area contributed by atoms with Gasteiger partial charge in [0.1, 0.15) is 18.3 Å². The summed E-state index contributed by atoms with van der Waals surface area (Å²) in [6.07, 6.45) is 16.6. The largest absolute Gasteiger partial charge is 0.458 e. The molecule has 2 bridgehead atoms. The van der Waals surface area contributed by atoms with Crippen molar-refractivity contribution in [3.63, 3.8) is 0 Å². The van der Waals surface area contributed by atoms with Crippen molar-refractivity contribution in [2.75, 3.05) is 13.7 Å². The van der Waals surface area contributed by atoms with Crippen molar-refractivity contribution in [3.8, 4) is 0 Å². The summed E-state index contributed by atoms with van der Waals surface area (Å²) in [6, 6.07) is 0. The SMILES string of the molecule is C=CCOC(=O)/C1=C/[C@@H]2[C@@H](C(C)C)CC=C(C)[C@@H]2C[C@H](OC(=O)/C=C/c2cn(C)cn2)[C@]2(C)C=C[C@@]1(OC)O2. The van der Waals surface area contributed by atoms with Gasteiger partial charge in [-0.3, -0.25) is 0 Å². The van der Waals surface area contributed by atoms with E-state index in [2.05, 4.69) is 38.4 Å². The zero-order valence-electron chi connectivity index (χ0n) is 23.8. The van der Waals surface area contributed by atoms with Crippen LogP contribution in [0.1, 0.15) is 46.2 Å². The van der Waals surface area contributed by atoms with Crippen LogP contribution in [0.2, 0.25) is 0 Å². The molecule has 2 aliphatic heterocycles. The number of allylic oxidation sites excluding steroid dienone is 3. The third-order valence-electron chi connectivity index (χ3n) is 8.19. The second kappa shape index (κ2) is 11.5.